The highest BCUT2D eigenvalue weighted by molar-refractivity contribution is 5.76. The highest BCUT2D eigenvalue weighted by Gasteiger charge is 2.52. The van der Waals surface area contributed by atoms with E-state index in [-0.39, 0.29) is 30.1 Å². The van der Waals surface area contributed by atoms with Crippen LogP contribution in [0.3, 0.4) is 0 Å². The van der Waals surface area contributed by atoms with Crippen molar-refractivity contribution in [1.29, 1.82) is 0 Å². The predicted octanol–water partition coefficient (Wildman–Crippen LogP) is 3.83. The molecular weight excluding hydrogens is 495 g/mol. The van der Waals surface area contributed by atoms with Crippen LogP contribution in [0.25, 0.3) is 0 Å². The molecule has 11 heteroatoms. The van der Waals surface area contributed by atoms with Gasteiger partial charge in [0.1, 0.15) is 0 Å². The lowest BCUT2D eigenvalue weighted by Crippen LogP contribution is -2.68. The second-order valence-corrected chi connectivity index (χ2v) is 11.5. The molecule has 206 valence electrons. The Morgan fingerprint density at radius 3 is 2.16 bits per heavy atom. The lowest BCUT2D eigenvalue weighted by molar-refractivity contribution is -0.138. The van der Waals surface area contributed by atoms with Crippen molar-refractivity contribution in [3.63, 3.8) is 0 Å². The zero-order valence-corrected chi connectivity index (χ0v) is 22.4. The first-order chi connectivity index (χ1) is 17.9. The fourth-order valence-corrected chi connectivity index (χ4v) is 6.28. The van der Waals surface area contributed by atoms with E-state index >= 15 is 0 Å². The summed E-state index contributed by atoms with van der Waals surface area (Å²) in [4.78, 5) is 29.2. The van der Waals surface area contributed by atoms with E-state index in [1.807, 2.05) is 37.7 Å². The number of anilines is 2. The molecule has 8 nitrogen and oxygen atoms in total. The number of rotatable bonds is 5. The Labute approximate surface area is 221 Å². The number of hydrogen-bond acceptors (Lipinski definition) is 6. The summed E-state index contributed by atoms with van der Waals surface area (Å²) in [6.45, 7) is 7.90. The minimum atomic E-state index is -4.47. The fraction of sp³-hybridized carbons (Fsp3) is 0.593. The minimum absolute atomic E-state index is 0.0741. The van der Waals surface area contributed by atoms with Gasteiger partial charge in [-0.2, -0.15) is 13.2 Å². The number of alkyl halides is 3. The first kappa shape index (κ1) is 26.5. The largest absolute Gasteiger partial charge is 0.419 e. The average Bonchev–Trinajstić information content (AvgIpc) is 2.80. The number of carbonyl (C=O) groups excluding carboxylic acids is 1. The van der Waals surface area contributed by atoms with Crippen LogP contribution in [0.2, 0.25) is 0 Å². The number of nitrogens with one attached hydrogen (secondary N) is 1. The molecule has 1 N–H and O–H groups in total. The third kappa shape index (κ3) is 5.39. The van der Waals surface area contributed by atoms with Crippen molar-refractivity contribution in [2.24, 2.45) is 5.41 Å². The second-order valence-electron chi connectivity index (χ2n) is 11.5. The molecule has 2 aromatic rings. The number of halogens is 3. The highest BCUT2D eigenvalue weighted by Crippen LogP contribution is 2.48. The lowest BCUT2D eigenvalue weighted by Gasteiger charge is -2.59. The summed E-state index contributed by atoms with van der Waals surface area (Å²) in [5, 5.41) is 3.22. The first-order valence-electron chi connectivity index (χ1n) is 13.1. The third-order valence-corrected chi connectivity index (χ3v) is 8.07. The molecule has 3 heterocycles. The van der Waals surface area contributed by atoms with Gasteiger partial charge in [-0.15, -0.1) is 0 Å². The molecule has 1 saturated carbocycles. The molecule has 3 aliphatic rings. The van der Waals surface area contributed by atoms with Crippen molar-refractivity contribution < 1.29 is 18.0 Å². The summed E-state index contributed by atoms with van der Waals surface area (Å²) in [5.74, 6) is 0.251. The standard InChI is InChI=1S/C27H36F3N7O/c1-18-13-36(24-31-11-21(12-32-24)27(28,29)30)14-19(2)37(18)25(38)33-22-9-26(10-22)16-35(17-26)15-20-5-7-23(8-6-20)34(3)4/h5-8,11-12,18-19,22H,9-10,13-17H2,1-4H3,(H,33,38)/t18-,19+. The first-order valence-corrected chi connectivity index (χ1v) is 13.1. The van der Waals surface area contributed by atoms with E-state index in [1.165, 1.54) is 11.3 Å². The van der Waals surface area contributed by atoms with Gasteiger partial charge in [0, 0.05) is 83.0 Å². The number of nitrogens with zero attached hydrogens (tertiary/aromatic N) is 6. The Hall–Kier alpha value is -3.08. The third-order valence-electron chi connectivity index (χ3n) is 8.07. The Bertz CT molecular complexity index is 1110. The molecule has 0 radical (unpaired) electrons. The Balaban J connectivity index is 1.07. The second kappa shape index (κ2) is 9.91. The van der Waals surface area contributed by atoms with E-state index in [9.17, 15) is 18.0 Å². The lowest BCUT2D eigenvalue weighted by atomic mass is 9.60. The number of likely N-dealkylation sites (tertiary alicyclic amines) is 1. The highest BCUT2D eigenvalue weighted by atomic mass is 19.4. The van der Waals surface area contributed by atoms with Crippen LogP contribution in [0.4, 0.5) is 29.6 Å². The predicted molar refractivity (Wildman–Crippen MR) is 140 cm³/mol. The van der Waals surface area contributed by atoms with Crippen LogP contribution in [0, 0.1) is 5.41 Å². The van der Waals surface area contributed by atoms with Crippen molar-refractivity contribution in [2.45, 2.75) is 57.5 Å². The van der Waals surface area contributed by atoms with Crippen LogP contribution in [-0.4, -0.2) is 84.2 Å². The van der Waals surface area contributed by atoms with Crippen LogP contribution in [-0.2, 0) is 12.7 Å². The van der Waals surface area contributed by atoms with E-state index in [0.717, 1.165) is 44.9 Å². The summed E-state index contributed by atoms with van der Waals surface area (Å²) < 4.78 is 38.5. The summed E-state index contributed by atoms with van der Waals surface area (Å²) in [6.07, 6.45) is -0.850. The van der Waals surface area contributed by atoms with Gasteiger partial charge in [-0.3, -0.25) is 4.90 Å². The molecule has 3 fully saturated rings. The van der Waals surface area contributed by atoms with Gasteiger partial charge in [-0.05, 0) is 49.8 Å². The van der Waals surface area contributed by atoms with E-state index in [4.69, 9.17) is 0 Å². The molecule has 0 bridgehead atoms. The molecule has 1 aliphatic carbocycles. The number of urea groups is 1. The van der Waals surface area contributed by atoms with Crippen LogP contribution in [0.5, 0.6) is 0 Å². The van der Waals surface area contributed by atoms with E-state index < -0.39 is 11.7 Å². The van der Waals surface area contributed by atoms with Crippen molar-refractivity contribution in [1.82, 2.24) is 25.1 Å². The molecule has 1 aromatic carbocycles. The Kier molecular flexibility index (Phi) is 6.91. The summed E-state index contributed by atoms with van der Waals surface area (Å²) >= 11 is 0. The maximum Gasteiger partial charge on any atom is 0.419 e. The Morgan fingerprint density at radius 1 is 1.05 bits per heavy atom. The normalized spacial score (nSPS) is 23.7. The zero-order valence-electron chi connectivity index (χ0n) is 22.4. The van der Waals surface area contributed by atoms with Gasteiger partial charge in [0.2, 0.25) is 5.95 Å². The van der Waals surface area contributed by atoms with Crippen molar-refractivity contribution in [3.8, 4) is 0 Å². The average molecular weight is 532 g/mol. The summed E-state index contributed by atoms with van der Waals surface area (Å²) in [5.41, 5.74) is 1.96. The van der Waals surface area contributed by atoms with Crippen LogP contribution >= 0.6 is 0 Å². The molecular formula is C27H36F3N7O. The van der Waals surface area contributed by atoms with E-state index in [2.05, 4.69) is 49.4 Å². The molecule has 2 atom stereocenters. The topological polar surface area (TPSA) is 67.8 Å². The fourth-order valence-electron chi connectivity index (χ4n) is 6.28. The van der Waals surface area contributed by atoms with Gasteiger partial charge < -0.3 is 20.0 Å². The van der Waals surface area contributed by atoms with Gasteiger partial charge in [-0.1, -0.05) is 12.1 Å². The van der Waals surface area contributed by atoms with Crippen molar-refractivity contribution in [2.75, 3.05) is 50.1 Å². The quantitative estimate of drug-likeness (QED) is 0.633. The molecule has 2 aliphatic heterocycles. The number of amides is 2. The smallest absolute Gasteiger partial charge is 0.378 e. The number of piperazine rings is 1. The van der Waals surface area contributed by atoms with E-state index in [0.29, 0.717) is 18.5 Å². The van der Waals surface area contributed by atoms with E-state index in [1.54, 1.807) is 0 Å². The monoisotopic (exact) mass is 531 g/mol. The molecule has 0 unspecified atom stereocenters. The molecule has 1 spiro atoms. The number of carbonyl (C=O) groups is 1. The van der Waals surface area contributed by atoms with Crippen LogP contribution < -0.4 is 15.1 Å². The van der Waals surface area contributed by atoms with Gasteiger partial charge in [-0.25, -0.2) is 14.8 Å². The number of benzene rings is 1. The maximum absolute atomic E-state index is 13.1. The minimum Gasteiger partial charge on any atom is -0.378 e. The molecule has 5 rings (SSSR count). The summed E-state index contributed by atoms with van der Waals surface area (Å²) in [6, 6.07) is 8.53. The van der Waals surface area contributed by atoms with Gasteiger partial charge >= 0.3 is 12.2 Å². The van der Waals surface area contributed by atoms with Crippen LogP contribution in [0.15, 0.2) is 36.7 Å². The SMILES string of the molecule is C[C@@H]1CN(c2ncc(C(F)(F)F)cn2)C[C@H](C)N1C(=O)NC1CC2(C1)CN(Cc1ccc(N(C)C)cc1)C2. The van der Waals surface area contributed by atoms with Crippen molar-refractivity contribution in [3.05, 3.63) is 47.8 Å². The summed E-state index contributed by atoms with van der Waals surface area (Å²) in [7, 11) is 4.08. The van der Waals surface area contributed by atoms with Gasteiger partial charge in [0.15, 0.2) is 0 Å². The van der Waals surface area contributed by atoms with Gasteiger partial charge in [0.25, 0.3) is 0 Å². The molecule has 38 heavy (non-hydrogen) atoms. The molecule has 2 amide bonds. The number of aromatic nitrogens is 2. The molecule has 1 aromatic heterocycles. The number of hydrogen-bond donors (Lipinski definition) is 1. The zero-order chi connectivity index (χ0) is 27.2. The maximum atomic E-state index is 13.1. The molecule has 2 saturated heterocycles. The Morgan fingerprint density at radius 2 is 1.63 bits per heavy atom. The van der Waals surface area contributed by atoms with Crippen molar-refractivity contribution >= 4 is 17.7 Å². The van der Waals surface area contributed by atoms with Gasteiger partial charge in [0.05, 0.1) is 5.56 Å². The van der Waals surface area contributed by atoms with Crippen LogP contribution in [0.1, 0.15) is 37.8 Å².